The molecule has 0 saturated heterocycles. The first-order valence-electron chi connectivity index (χ1n) is 3.63. The van der Waals surface area contributed by atoms with E-state index < -0.39 is 0 Å². The van der Waals surface area contributed by atoms with Gasteiger partial charge in [0.15, 0.2) is 0 Å². The van der Waals surface area contributed by atoms with Gasteiger partial charge < -0.3 is 4.74 Å². The first-order chi connectivity index (χ1) is 5.83. The van der Waals surface area contributed by atoms with Crippen LogP contribution in [-0.2, 0) is 0 Å². The fourth-order valence-corrected chi connectivity index (χ4v) is 1.04. The Morgan fingerprint density at radius 3 is 2.92 bits per heavy atom. The third-order valence-electron chi connectivity index (χ3n) is 1.25. The number of ether oxygens (including phenoxy) is 1. The van der Waals surface area contributed by atoms with E-state index in [9.17, 15) is 0 Å². The van der Waals surface area contributed by atoms with Gasteiger partial charge in [0.05, 0.1) is 12.8 Å². The SMILES string of the molecule is ClCCCOc1ccc(Br)nc1. The molecule has 1 rings (SSSR count). The summed E-state index contributed by atoms with van der Waals surface area (Å²) in [4.78, 5) is 4.02. The molecule has 0 amide bonds. The van der Waals surface area contributed by atoms with Crippen molar-refractivity contribution in [3.8, 4) is 5.75 Å². The van der Waals surface area contributed by atoms with Gasteiger partial charge in [-0.2, -0.15) is 0 Å². The molecule has 0 bridgehead atoms. The first-order valence-corrected chi connectivity index (χ1v) is 4.96. The number of halogens is 2. The van der Waals surface area contributed by atoms with Crippen molar-refractivity contribution in [1.82, 2.24) is 4.98 Å². The molecule has 0 N–H and O–H groups in total. The van der Waals surface area contributed by atoms with Gasteiger partial charge in [0.1, 0.15) is 10.4 Å². The zero-order chi connectivity index (χ0) is 8.81. The maximum absolute atomic E-state index is 5.49. The van der Waals surface area contributed by atoms with Crippen molar-refractivity contribution in [3.05, 3.63) is 22.9 Å². The average molecular weight is 251 g/mol. The van der Waals surface area contributed by atoms with E-state index in [1.165, 1.54) is 0 Å². The molecule has 0 aromatic carbocycles. The van der Waals surface area contributed by atoms with E-state index in [4.69, 9.17) is 16.3 Å². The third kappa shape index (κ3) is 3.41. The maximum atomic E-state index is 5.49. The van der Waals surface area contributed by atoms with E-state index in [0.717, 1.165) is 16.8 Å². The van der Waals surface area contributed by atoms with Crippen LogP contribution in [0.15, 0.2) is 22.9 Å². The molecular formula is C8H9BrClNO. The summed E-state index contributed by atoms with van der Waals surface area (Å²) in [6, 6.07) is 3.71. The molecule has 4 heteroatoms. The Balaban J connectivity index is 2.37. The van der Waals surface area contributed by atoms with Gasteiger partial charge in [0.2, 0.25) is 0 Å². The lowest BCUT2D eigenvalue weighted by Gasteiger charge is -2.03. The summed E-state index contributed by atoms with van der Waals surface area (Å²) in [5, 5.41) is 0. The fraction of sp³-hybridized carbons (Fsp3) is 0.375. The molecule has 2 nitrogen and oxygen atoms in total. The number of pyridine rings is 1. The van der Waals surface area contributed by atoms with Crippen LogP contribution in [0.1, 0.15) is 6.42 Å². The summed E-state index contributed by atoms with van der Waals surface area (Å²) in [7, 11) is 0. The summed E-state index contributed by atoms with van der Waals surface area (Å²) in [5.41, 5.74) is 0. The van der Waals surface area contributed by atoms with E-state index in [1.54, 1.807) is 6.20 Å². The van der Waals surface area contributed by atoms with Crippen LogP contribution in [0.2, 0.25) is 0 Å². The van der Waals surface area contributed by atoms with E-state index in [2.05, 4.69) is 20.9 Å². The molecule has 1 aromatic heterocycles. The van der Waals surface area contributed by atoms with Crippen molar-refractivity contribution in [2.24, 2.45) is 0 Å². The highest BCUT2D eigenvalue weighted by atomic mass is 79.9. The average Bonchev–Trinajstić information content (AvgIpc) is 2.09. The van der Waals surface area contributed by atoms with Gasteiger partial charge in [-0.25, -0.2) is 4.98 Å². The minimum Gasteiger partial charge on any atom is -0.492 e. The van der Waals surface area contributed by atoms with Crippen molar-refractivity contribution in [2.75, 3.05) is 12.5 Å². The lowest BCUT2D eigenvalue weighted by Crippen LogP contribution is -1.97. The number of aromatic nitrogens is 1. The predicted molar refractivity (Wildman–Crippen MR) is 52.8 cm³/mol. The van der Waals surface area contributed by atoms with E-state index >= 15 is 0 Å². The van der Waals surface area contributed by atoms with Crippen LogP contribution in [0.5, 0.6) is 5.75 Å². The molecule has 0 spiro atoms. The van der Waals surface area contributed by atoms with Crippen molar-refractivity contribution in [1.29, 1.82) is 0 Å². The number of rotatable bonds is 4. The Bertz CT molecular complexity index is 227. The Morgan fingerprint density at radius 1 is 1.50 bits per heavy atom. The highest BCUT2D eigenvalue weighted by Crippen LogP contribution is 2.12. The molecule has 0 aliphatic rings. The second-order valence-corrected chi connectivity index (χ2v) is 3.40. The normalized spacial score (nSPS) is 9.83. The minimum atomic E-state index is 0.629. The fourth-order valence-electron chi connectivity index (χ4n) is 0.692. The quantitative estimate of drug-likeness (QED) is 0.466. The predicted octanol–water partition coefficient (Wildman–Crippen LogP) is 2.85. The van der Waals surface area contributed by atoms with Crippen LogP contribution in [0, 0.1) is 0 Å². The Kier molecular flexibility index (Phi) is 4.40. The molecule has 0 saturated carbocycles. The van der Waals surface area contributed by atoms with Gasteiger partial charge in [0.25, 0.3) is 0 Å². The van der Waals surface area contributed by atoms with E-state index in [-0.39, 0.29) is 0 Å². The molecule has 0 aliphatic carbocycles. The van der Waals surface area contributed by atoms with Gasteiger partial charge in [0, 0.05) is 5.88 Å². The lowest BCUT2D eigenvalue weighted by atomic mass is 10.4. The monoisotopic (exact) mass is 249 g/mol. The van der Waals surface area contributed by atoms with Crippen molar-refractivity contribution in [2.45, 2.75) is 6.42 Å². The first kappa shape index (κ1) is 9.81. The van der Waals surface area contributed by atoms with E-state index in [0.29, 0.717) is 12.5 Å². The van der Waals surface area contributed by atoms with Gasteiger partial charge in [-0.1, -0.05) is 0 Å². The third-order valence-corrected chi connectivity index (χ3v) is 1.98. The second-order valence-electron chi connectivity index (χ2n) is 2.21. The highest BCUT2D eigenvalue weighted by Gasteiger charge is 1.93. The molecule has 1 heterocycles. The molecule has 0 unspecified atom stereocenters. The number of alkyl halides is 1. The molecule has 0 fully saturated rings. The van der Waals surface area contributed by atoms with Crippen LogP contribution in [0.3, 0.4) is 0 Å². The summed E-state index contributed by atoms with van der Waals surface area (Å²) in [6.07, 6.45) is 2.54. The summed E-state index contributed by atoms with van der Waals surface area (Å²) in [6.45, 7) is 0.646. The smallest absolute Gasteiger partial charge is 0.137 e. The lowest BCUT2D eigenvalue weighted by molar-refractivity contribution is 0.317. The highest BCUT2D eigenvalue weighted by molar-refractivity contribution is 9.10. The van der Waals surface area contributed by atoms with Crippen LogP contribution in [-0.4, -0.2) is 17.5 Å². The Labute approximate surface area is 85.0 Å². The molecular weight excluding hydrogens is 241 g/mol. The van der Waals surface area contributed by atoms with Crippen molar-refractivity contribution >= 4 is 27.5 Å². The topological polar surface area (TPSA) is 22.1 Å². The van der Waals surface area contributed by atoms with Crippen LogP contribution < -0.4 is 4.74 Å². The molecule has 0 aliphatic heterocycles. The van der Waals surface area contributed by atoms with E-state index in [1.807, 2.05) is 12.1 Å². The summed E-state index contributed by atoms with van der Waals surface area (Å²) < 4.78 is 6.15. The van der Waals surface area contributed by atoms with Crippen LogP contribution >= 0.6 is 27.5 Å². The zero-order valence-corrected chi connectivity index (χ0v) is 8.81. The summed E-state index contributed by atoms with van der Waals surface area (Å²) >= 11 is 8.73. The number of hydrogen-bond acceptors (Lipinski definition) is 2. The minimum absolute atomic E-state index is 0.629. The van der Waals surface area contributed by atoms with Crippen molar-refractivity contribution < 1.29 is 4.74 Å². The Morgan fingerprint density at radius 2 is 2.33 bits per heavy atom. The van der Waals surface area contributed by atoms with Crippen LogP contribution in [0.25, 0.3) is 0 Å². The largest absolute Gasteiger partial charge is 0.492 e. The van der Waals surface area contributed by atoms with Gasteiger partial charge >= 0.3 is 0 Å². The molecule has 12 heavy (non-hydrogen) atoms. The standard InChI is InChI=1S/C8H9BrClNO/c9-8-3-2-7(6-11-8)12-5-1-4-10/h2-3,6H,1,4-5H2. The molecule has 0 atom stereocenters. The van der Waals surface area contributed by atoms with Gasteiger partial charge in [-0.3, -0.25) is 0 Å². The zero-order valence-electron chi connectivity index (χ0n) is 6.46. The maximum Gasteiger partial charge on any atom is 0.137 e. The molecule has 0 radical (unpaired) electrons. The van der Waals surface area contributed by atoms with Gasteiger partial charge in [-0.15, -0.1) is 11.6 Å². The Hall–Kier alpha value is -0.280. The van der Waals surface area contributed by atoms with Crippen molar-refractivity contribution in [3.63, 3.8) is 0 Å². The molecule has 1 aromatic rings. The summed E-state index contributed by atoms with van der Waals surface area (Å²) in [5.74, 6) is 1.41. The van der Waals surface area contributed by atoms with Gasteiger partial charge in [-0.05, 0) is 34.5 Å². The molecule has 66 valence electrons. The number of nitrogens with zero attached hydrogens (tertiary/aromatic N) is 1. The van der Waals surface area contributed by atoms with Crippen LogP contribution in [0.4, 0.5) is 0 Å². The number of hydrogen-bond donors (Lipinski definition) is 0. The second kappa shape index (κ2) is 5.38.